The van der Waals surface area contributed by atoms with Crippen LogP contribution in [0.25, 0.3) is 43.5 Å². The van der Waals surface area contributed by atoms with Crippen LogP contribution >= 0.6 is 0 Å². The van der Waals surface area contributed by atoms with Crippen LogP contribution in [0.15, 0.2) is 79.1 Å². The second kappa shape index (κ2) is 4.55. The molecule has 0 bridgehead atoms. The summed E-state index contributed by atoms with van der Waals surface area (Å²) in [6.45, 7) is 0. The van der Waals surface area contributed by atoms with Crippen LogP contribution in [0.2, 0.25) is 0 Å². The monoisotopic (exact) mass is 314 g/mol. The second-order valence-electron chi connectivity index (χ2n) is 5.71. The minimum atomic E-state index is -0.414. The van der Waals surface area contributed by atoms with Gasteiger partial charge in [0.2, 0.25) is 0 Å². The molecule has 3 aromatic carbocycles. The van der Waals surface area contributed by atoms with Gasteiger partial charge in [-0.25, -0.2) is 9.59 Å². The first-order valence-electron chi connectivity index (χ1n) is 7.53. The van der Waals surface area contributed by atoms with Crippen molar-refractivity contribution in [1.82, 2.24) is 0 Å². The number of fused-ring (bicyclic) bond motifs is 6. The second-order valence-corrected chi connectivity index (χ2v) is 5.71. The first-order valence-corrected chi connectivity index (χ1v) is 7.53. The zero-order valence-corrected chi connectivity index (χ0v) is 12.4. The van der Waals surface area contributed by atoms with E-state index in [1.807, 2.05) is 24.3 Å². The third-order valence-electron chi connectivity index (χ3n) is 4.36. The third kappa shape index (κ3) is 1.68. The molecule has 0 saturated carbocycles. The van der Waals surface area contributed by atoms with Crippen molar-refractivity contribution in [1.29, 1.82) is 0 Å². The minimum absolute atomic E-state index is 0.414. The number of para-hydroxylation sites is 2. The van der Waals surface area contributed by atoms with Crippen LogP contribution < -0.4 is 11.3 Å². The first-order chi connectivity index (χ1) is 11.7. The Morgan fingerprint density at radius 2 is 0.917 bits per heavy atom. The molecule has 0 radical (unpaired) electrons. The van der Waals surface area contributed by atoms with Gasteiger partial charge in [-0.2, -0.15) is 0 Å². The topological polar surface area (TPSA) is 60.4 Å². The van der Waals surface area contributed by atoms with E-state index < -0.39 is 11.3 Å². The van der Waals surface area contributed by atoms with Crippen LogP contribution in [0.3, 0.4) is 0 Å². The largest absolute Gasteiger partial charge is 0.422 e. The zero-order valence-electron chi connectivity index (χ0n) is 12.4. The molecule has 0 atom stereocenters. The molecule has 4 heteroatoms. The molecule has 0 aliphatic carbocycles. The van der Waals surface area contributed by atoms with Crippen molar-refractivity contribution in [3.8, 4) is 0 Å². The molecule has 24 heavy (non-hydrogen) atoms. The summed E-state index contributed by atoms with van der Waals surface area (Å²) in [6.07, 6.45) is 0. The SMILES string of the molecule is O=c1oc2ccccc2c2cc3c(=O)oc4ccccc4c3cc12. The van der Waals surface area contributed by atoms with Gasteiger partial charge in [-0.15, -0.1) is 0 Å². The predicted molar refractivity (Wildman–Crippen MR) is 93.5 cm³/mol. The molecule has 0 saturated heterocycles. The molecular weight excluding hydrogens is 304 g/mol. The van der Waals surface area contributed by atoms with E-state index in [2.05, 4.69) is 0 Å². The van der Waals surface area contributed by atoms with Crippen molar-refractivity contribution in [2.45, 2.75) is 0 Å². The average molecular weight is 314 g/mol. The maximum Gasteiger partial charge on any atom is 0.344 e. The molecule has 2 heterocycles. The van der Waals surface area contributed by atoms with E-state index in [1.54, 1.807) is 36.4 Å². The Labute approximate surface area is 134 Å². The molecular formula is C20H10O4. The molecule has 0 spiro atoms. The van der Waals surface area contributed by atoms with Gasteiger partial charge >= 0.3 is 11.3 Å². The average Bonchev–Trinajstić information content (AvgIpc) is 2.61. The zero-order chi connectivity index (χ0) is 16.3. The van der Waals surface area contributed by atoms with Gasteiger partial charge in [0.25, 0.3) is 0 Å². The lowest BCUT2D eigenvalue weighted by molar-refractivity contribution is 0.568. The Hall–Kier alpha value is -3.40. The lowest BCUT2D eigenvalue weighted by Crippen LogP contribution is -2.04. The molecule has 4 nitrogen and oxygen atoms in total. The van der Waals surface area contributed by atoms with Gasteiger partial charge in [0.15, 0.2) is 0 Å². The molecule has 0 N–H and O–H groups in total. The molecule has 0 amide bonds. The summed E-state index contributed by atoms with van der Waals surface area (Å²) in [6, 6.07) is 18.0. The Kier molecular flexibility index (Phi) is 2.48. The Bertz CT molecular complexity index is 1280. The normalized spacial score (nSPS) is 11.7. The van der Waals surface area contributed by atoms with Crippen molar-refractivity contribution < 1.29 is 8.83 Å². The maximum absolute atomic E-state index is 12.4. The number of benzene rings is 3. The fourth-order valence-corrected chi connectivity index (χ4v) is 3.25. The summed E-state index contributed by atoms with van der Waals surface area (Å²) in [4.78, 5) is 24.8. The standard InChI is InChI=1S/C20H10O4/c21-19-15-10-14-12-6-2-4-8-18(12)24-20(22)16(14)9-13(15)11-5-1-3-7-17(11)23-19/h1-10H. The molecule has 0 fully saturated rings. The van der Waals surface area contributed by atoms with Crippen molar-refractivity contribution in [3.63, 3.8) is 0 Å². The van der Waals surface area contributed by atoms with Gasteiger partial charge in [-0.05, 0) is 24.3 Å². The van der Waals surface area contributed by atoms with Crippen molar-refractivity contribution >= 4 is 43.5 Å². The van der Waals surface area contributed by atoms with Gasteiger partial charge in [-0.3, -0.25) is 0 Å². The van der Waals surface area contributed by atoms with E-state index in [0.717, 1.165) is 10.8 Å². The Morgan fingerprint density at radius 1 is 0.500 bits per heavy atom. The first kappa shape index (κ1) is 13.1. The highest BCUT2D eigenvalue weighted by Gasteiger charge is 2.13. The van der Waals surface area contributed by atoms with Gasteiger partial charge in [0, 0.05) is 21.5 Å². The van der Waals surface area contributed by atoms with Gasteiger partial charge in [-0.1, -0.05) is 36.4 Å². The third-order valence-corrected chi connectivity index (χ3v) is 4.36. The summed E-state index contributed by atoms with van der Waals surface area (Å²) < 4.78 is 10.8. The predicted octanol–water partition coefficient (Wildman–Crippen LogP) is 4.21. The summed E-state index contributed by atoms with van der Waals surface area (Å²) in [7, 11) is 0. The van der Waals surface area contributed by atoms with Crippen LogP contribution in [-0.2, 0) is 0 Å². The van der Waals surface area contributed by atoms with Crippen molar-refractivity contribution in [3.05, 3.63) is 81.5 Å². The molecule has 0 unspecified atom stereocenters. The highest BCUT2D eigenvalue weighted by atomic mass is 16.4. The Balaban J connectivity index is 2.13. The minimum Gasteiger partial charge on any atom is -0.422 e. The van der Waals surface area contributed by atoms with Crippen molar-refractivity contribution in [2.75, 3.05) is 0 Å². The fourth-order valence-electron chi connectivity index (χ4n) is 3.25. The highest BCUT2D eigenvalue weighted by Crippen LogP contribution is 2.29. The van der Waals surface area contributed by atoms with Crippen LogP contribution in [0.1, 0.15) is 0 Å². The molecule has 5 rings (SSSR count). The van der Waals surface area contributed by atoms with Crippen LogP contribution in [-0.4, -0.2) is 0 Å². The molecule has 5 aromatic rings. The van der Waals surface area contributed by atoms with E-state index in [1.165, 1.54) is 0 Å². The highest BCUT2D eigenvalue weighted by molar-refractivity contribution is 6.14. The number of rotatable bonds is 0. The van der Waals surface area contributed by atoms with E-state index in [9.17, 15) is 9.59 Å². The van der Waals surface area contributed by atoms with Crippen molar-refractivity contribution in [2.24, 2.45) is 0 Å². The lowest BCUT2D eigenvalue weighted by Gasteiger charge is -2.06. The lowest BCUT2D eigenvalue weighted by atomic mass is 10.0. The van der Waals surface area contributed by atoms with Gasteiger partial charge in [0.05, 0.1) is 10.8 Å². The summed E-state index contributed by atoms with van der Waals surface area (Å²) >= 11 is 0. The summed E-state index contributed by atoms with van der Waals surface area (Å²) in [5.74, 6) is 0. The van der Waals surface area contributed by atoms with Crippen LogP contribution in [0.4, 0.5) is 0 Å². The fraction of sp³-hybridized carbons (Fsp3) is 0. The van der Waals surface area contributed by atoms with Crippen LogP contribution in [0, 0.1) is 0 Å². The number of hydrogen-bond acceptors (Lipinski definition) is 4. The molecule has 0 aliphatic heterocycles. The smallest absolute Gasteiger partial charge is 0.344 e. The van der Waals surface area contributed by atoms with E-state index in [4.69, 9.17) is 8.83 Å². The number of hydrogen-bond donors (Lipinski definition) is 0. The Morgan fingerprint density at radius 3 is 1.38 bits per heavy atom. The van der Waals surface area contributed by atoms with E-state index in [0.29, 0.717) is 32.7 Å². The molecule has 114 valence electrons. The van der Waals surface area contributed by atoms with Gasteiger partial charge in [0.1, 0.15) is 11.2 Å². The molecule has 2 aromatic heterocycles. The van der Waals surface area contributed by atoms with Crippen LogP contribution in [0.5, 0.6) is 0 Å². The summed E-state index contributed by atoms with van der Waals surface area (Å²) in [5, 5.41) is 3.88. The van der Waals surface area contributed by atoms with E-state index >= 15 is 0 Å². The quantitative estimate of drug-likeness (QED) is 0.244. The summed E-state index contributed by atoms with van der Waals surface area (Å²) in [5.41, 5.74) is 0.171. The molecule has 0 aliphatic rings. The maximum atomic E-state index is 12.4. The van der Waals surface area contributed by atoms with Gasteiger partial charge < -0.3 is 8.83 Å². The van der Waals surface area contributed by atoms with E-state index in [-0.39, 0.29) is 0 Å².